The van der Waals surface area contributed by atoms with Gasteiger partial charge in [0.05, 0.1) is 5.56 Å². The number of benzene rings is 2. The monoisotopic (exact) mass is 271 g/mol. The van der Waals surface area contributed by atoms with Gasteiger partial charge in [-0.05, 0) is 37.1 Å². The summed E-state index contributed by atoms with van der Waals surface area (Å²) in [5.74, 6) is 1.56. The zero-order chi connectivity index (χ0) is 13.8. The molecule has 0 atom stereocenters. The van der Waals surface area contributed by atoms with E-state index in [0.29, 0.717) is 10.7 Å². The van der Waals surface area contributed by atoms with Crippen molar-refractivity contribution in [2.24, 2.45) is 5.73 Å². The van der Waals surface area contributed by atoms with Gasteiger partial charge in [-0.1, -0.05) is 49.0 Å². The Kier molecular flexibility index (Phi) is 4.17. The number of nitrogens with two attached hydrogens (primary N) is 1. The lowest BCUT2D eigenvalue weighted by molar-refractivity contribution is 0.476. The SMILES string of the molecule is CCc1ccccc1Oc1ccc(C)cc1C(N)=S. The van der Waals surface area contributed by atoms with Crippen LogP contribution in [0.4, 0.5) is 0 Å². The van der Waals surface area contributed by atoms with Crippen molar-refractivity contribution in [1.29, 1.82) is 0 Å². The van der Waals surface area contributed by atoms with Gasteiger partial charge in [-0.3, -0.25) is 0 Å². The molecule has 0 aliphatic heterocycles. The lowest BCUT2D eigenvalue weighted by Crippen LogP contribution is -2.11. The molecule has 2 nitrogen and oxygen atoms in total. The average molecular weight is 271 g/mol. The maximum Gasteiger partial charge on any atom is 0.137 e. The van der Waals surface area contributed by atoms with Gasteiger partial charge in [0.2, 0.25) is 0 Å². The summed E-state index contributed by atoms with van der Waals surface area (Å²) in [6.07, 6.45) is 0.921. The van der Waals surface area contributed by atoms with Gasteiger partial charge >= 0.3 is 0 Å². The minimum absolute atomic E-state index is 0.354. The largest absolute Gasteiger partial charge is 0.456 e. The predicted octanol–water partition coefficient (Wildman–Crippen LogP) is 3.98. The average Bonchev–Trinajstić information content (AvgIpc) is 2.41. The molecule has 0 aliphatic carbocycles. The second-order valence-electron chi connectivity index (χ2n) is 4.43. The first kappa shape index (κ1) is 13.6. The first-order valence-electron chi connectivity index (χ1n) is 6.28. The zero-order valence-corrected chi connectivity index (χ0v) is 12.0. The van der Waals surface area contributed by atoms with Crippen LogP contribution >= 0.6 is 12.2 Å². The number of aryl methyl sites for hydroxylation is 2. The maximum absolute atomic E-state index is 5.98. The van der Waals surface area contributed by atoms with E-state index in [0.717, 1.165) is 28.9 Å². The predicted molar refractivity (Wildman–Crippen MR) is 83.0 cm³/mol. The Labute approximate surface area is 119 Å². The topological polar surface area (TPSA) is 35.2 Å². The van der Waals surface area contributed by atoms with Crippen molar-refractivity contribution >= 4 is 17.2 Å². The number of para-hydroxylation sites is 1. The Balaban J connectivity index is 2.41. The molecule has 0 bridgehead atoms. The Hall–Kier alpha value is -1.87. The minimum atomic E-state index is 0.354. The van der Waals surface area contributed by atoms with Gasteiger partial charge in [-0.15, -0.1) is 0 Å². The molecule has 0 fully saturated rings. The van der Waals surface area contributed by atoms with E-state index in [4.69, 9.17) is 22.7 Å². The summed E-state index contributed by atoms with van der Waals surface area (Å²) in [5.41, 5.74) is 8.81. The van der Waals surface area contributed by atoms with E-state index in [1.807, 2.05) is 43.3 Å². The van der Waals surface area contributed by atoms with Crippen molar-refractivity contribution in [3.63, 3.8) is 0 Å². The van der Waals surface area contributed by atoms with Crippen LogP contribution < -0.4 is 10.5 Å². The summed E-state index contributed by atoms with van der Waals surface area (Å²) in [6, 6.07) is 13.8. The molecule has 0 unspecified atom stereocenters. The molecule has 0 aliphatic rings. The van der Waals surface area contributed by atoms with E-state index in [-0.39, 0.29) is 0 Å². The number of ether oxygens (including phenoxy) is 1. The van der Waals surface area contributed by atoms with Gasteiger partial charge in [0.1, 0.15) is 16.5 Å². The van der Waals surface area contributed by atoms with Crippen LogP contribution in [0.2, 0.25) is 0 Å². The summed E-state index contributed by atoms with van der Waals surface area (Å²) in [4.78, 5) is 0.354. The summed E-state index contributed by atoms with van der Waals surface area (Å²) in [7, 11) is 0. The van der Waals surface area contributed by atoms with Crippen LogP contribution in [0.15, 0.2) is 42.5 Å². The molecule has 0 amide bonds. The molecule has 2 N–H and O–H groups in total. The van der Waals surface area contributed by atoms with Gasteiger partial charge in [-0.2, -0.15) is 0 Å². The summed E-state index contributed by atoms with van der Waals surface area (Å²) >= 11 is 5.08. The molecule has 0 aromatic heterocycles. The summed E-state index contributed by atoms with van der Waals surface area (Å²) in [5, 5.41) is 0. The van der Waals surface area contributed by atoms with Crippen molar-refractivity contribution in [3.8, 4) is 11.5 Å². The highest BCUT2D eigenvalue weighted by Gasteiger charge is 2.09. The number of hydrogen-bond donors (Lipinski definition) is 1. The molecule has 2 aromatic rings. The highest BCUT2D eigenvalue weighted by Crippen LogP contribution is 2.29. The van der Waals surface area contributed by atoms with E-state index in [1.165, 1.54) is 0 Å². The third kappa shape index (κ3) is 3.12. The van der Waals surface area contributed by atoms with Crippen LogP contribution in [-0.4, -0.2) is 4.99 Å². The number of rotatable bonds is 4. The first-order valence-corrected chi connectivity index (χ1v) is 6.69. The fraction of sp³-hybridized carbons (Fsp3) is 0.188. The fourth-order valence-corrected chi connectivity index (χ4v) is 2.10. The maximum atomic E-state index is 5.98. The van der Waals surface area contributed by atoms with Crippen LogP contribution in [0.25, 0.3) is 0 Å². The molecule has 0 radical (unpaired) electrons. The third-order valence-corrected chi connectivity index (χ3v) is 3.19. The number of hydrogen-bond acceptors (Lipinski definition) is 2. The van der Waals surface area contributed by atoms with Gasteiger partial charge in [0.25, 0.3) is 0 Å². The van der Waals surface area contributed by atoms with Crippen molar-refractivity contribution in [2.75, 3.05) is 0 Å². The van der Waals surface area contributed by atoms with Crippen molar-refractivity contribution < 1.29 is 4.74 Å². The highest BCUT2D eigenvalue weighted by molar-refractivity contribution is 7.80. The van der Waals surface area contributed by atoms with Crippen LogP contribution in [0, 0.1) is 6.92 Å². The standard InChI is InChI=1S/C16H17NOS/c1-3-12-6-4-5-7-14(12)18-15-9-8-11(2)10-13(15)16(17)19/h4-10H,3H2,1-2H3,(H2,17,19). The van der Waals surface area contributed by atoms with E-state index < -0.39 is 0 Å². The molecule has 2 aromatic carbocycles. The first-order chi connectivity index (χ1) is 9.11. The van der Waals surface area contributed by atoms with E-state index in [9.17, 15) is 0 Å². The smallest absolute Gasteiger partial charge is 0.137 e. The van der Waals surface area contributed by atoms with Gasteiger partial charge in [-0.25, -0.2) is 0 Å². The number of thiocarbonyl (C=S) groups is 1. The van der Waals surface area contributed by atoms with E-state index in [2.05, 4.69) is 13.0 Å². The van der Waals surface area contributed by atoms with Crippen molar-refractivity contribution in [3.05, 3.63) is 59.2 Å². The van der Waals surface area contributed by atoms with Crippen molar-refractivity contribution in [1.82, 2.24) is 0 Å². The molecule has 3 heteroatoms. The molecule has 2 rings (SSSR count). The van der Waals surface area contributed by atoms with Crippen molar-refractivity contribution in [2.45, 2.75) is 20.3 Å². The summed E-state index contributed by atoms with van der Waals surface area (Å²) < 4.78 is 5.98. The molecule has 98 valence electrons. The van der Waals surface area contributed by atoms with Gasteiger partial charge < -0.3 is 10.5 Å². The van der Waals surface area contributed by atoms with Crippen LogP contribution in [0.3, 0.4) is 0 Å². The highest BCUT2D eigenvalue weighted by atomic mass is 32.1. The Morgan fingerprint density at radius 2 is 1.89 bits per heavy atom. The molecule has 0 heterocycles. The lowest BCUT2D eigenvalue weighted by atomic mass is 10.1. The minimum Gasteiger partial charge on any atom is -0.456 e. The van der Waals surface area contributed by atoms with E-state index in [1.54, 1.807) is 0 Å². The van der Waals surface area contributed by atoms with Crippen LogP contribution in [0.1, 0.15) is 23.6 Å². The second-order valence-corrected chi connectivity index (χ2v) is 4.87. The van der Waals surface area contributed by atoms with Gasteiger partial charge in [0.15, 0.2) is 0 Å². The molecule has 0 saturated carbocycles. The fourth-order valence-electron chi connectivity index (χ4n) is 1.94. The molecule has 0 spiro atoms. The third-order valence-electron chi connectivity index (χ3n) is 2.97. The Bertz CT molecular complexity index is 607. The van der Waals surface area contributed by atoms with Crippen LogP contribution in [0.5, 0.6) is 11.5 Å². The van der Waals surface area contributed by atoms with Gasteiger partial charge in [0, 0.05) is 0 Å². The Morgan fingerprint density at radius 3 is 2.58 bits per heavy atom. The molecular formula is C16H17NOS. The lowest BCUT2D eigenvalue weighted by Gasteiger charge is -2.13. The normalized spacial score (nSPS) is 10.2. The zero-order valence-electron chi connectivity index (χ0n) is 11.1. The second kappa shape index (κ2) is 5.85. The summed E-state index contributed by atoms with van der Waals surface area (Å²) in [6.45, 7) is 4.11. The molecular weight excluding hydrogens is 254 g/mol. The van der Waals surface area contributed by atoms with E-state index >= 15 is 0 Å². The van der Waals surface area contributed by atoms with Crippen LogP contribution in [-0.2, 0) is 6.42 Å². The molecule has 19 heavy (non-hydrogen) atoms. The molecule has 0 saturated heterocycles. The Morgan fingerprint density at radius 1 is 1.16 bits per heavy atom. The quantitative estimate of drug-likeness (QED) is 0.854.